The van der Waals surface area contributed by atoms with E-state index < -0.39 is 21.7 Å². The molecule has 0 saturated heterocycles. The van der Waals surface area contributed by atoms with Gasteiger partial charge in [-0.2, -0.15) is 5.26 Å². The van der Waals surface area contributed by atoms with Gasteiger partial charge in [0, 0.05) is 6.42 Å². The Morgan fingerprint density at radius 1 is 0.917 bits per heavy atom. The number of hydrogen-bond donors (Lipinski definition) is 0. The van der Waals surface area contributed by atoms with Crippen molar-refractivity contribution in [1.29, 1.82) is 5.26 Å². The number of sulfone groups is 1. The number of nitrogens with zero attached hydrogens (tertiary/aromatic N) is 2. The number of carbonyl (C=O) groups excluding carboxylic acids is 2. The summed E-state index contributed by atoms with van der Waals surface area (Å²) < 4.78 is 24.1. The van der Waals surface area contributed by atoms with Gasteiger partial charge in [-0.05, 0) is 36.4 Å². The number of carbonyl (C=O) groups is 2. The minimum absolute atomic E-state index is 0.0538. The van der Waals surface area contributed by atoms with E-state index in [2.05, 4.69) is 0 Å². The van der Waals surface area contributed by atoms with Gasteiger partial charge in [-0.1, -0.05) is 12.1 Å². The van der Waals surface area contributed by atoms with Gasteiger partial charge in [-0.3, -0.25) is 9.59 Å². The molecule has 1 aliphatic heterocycles. The van der Waals surface area contributed by atoms with Crippen LogP contribution < -0.4 is 4.90 Å². The predicted molar refractivity (Wildman–Crippen MR) is 86.3 cm³/mol. The van der Waals surface area contributed by atoms with E-state index in [9.17, 15) is 18.0 Å². The first-order chi connectivity index (χ1) is 11.5. The Hall–Kier alpha value is -2.98. The number of rotatable bonds is 4. The van der Waals surface area contributed by atoms with Gasteiger partial charge < -0.3 is 0 Å². The topological polar surface area (TPSA) is 95.3 Å². The summed E-state index contributed by atoms with van der Waals surface area (Å²) in [6.45, 7) is 0. The van der Waals surface area contributed by atoms with Crippen molar-refractivity contribution >= 4 is 27.3 Å². The number of fused-ring (bicyclic) bond motifs is 1. The minimum atomic E-state index is -3.55. The summed E-state index contributed by atoms with van der Waals surface area (Å²) in [6.07, 6.45) is -0.0948. The Labute approximate surface area is 138 Å². The van der Waals surface area contributed by atoms with E-state index >= 15 is 0 Å². The molecule has 2 aromatic rings. The molecule has 1 heterocycles. The lowest BCUT2D eigenvalue weighted by Crippen LogP contribution is -2.29. The summed E-state index contributed by atoms with van der Waals surface area (Å²) in [4.78, 5) is 25.8. The zero-order valence-electron chi connectivity index (χ0n) is 12.5. The molecule has 0 spiro atoms. The minimum Gasteiger partial charge on any atom is -0.268 e. The molecular weight excluding hydrogens is 328 g/mol. The van der Waals surface area contributed by atoms with Crippen molar-refractivity contribution < 1.29 is 18.0 Å². The Bertz CT molecular complexity index is 937. The average molecular weight is 340 g/mol. The van der Waals surface area contributed by atoms with Gasteiger partial charge in [0.15, 0.2) is 9.84 Å². The number of amides is 2. The molecule has 0 N–H and O–H groups in total. The lowest BCUT2D eigenvalue weighted by molar-refractivity contribution is 0.0926. The molecule has 120 valence electrons. The molecule has 7 heteroatoms. The van der Waals surface area contributed by atoms with Gasteiger partial charge >= 0.3 is 0 Å². The Morgan fingerprint density at radius 3 is 1.96 bits per heavy atom. The Balaban J connectivity index is 1.92. The van der Waals surface area contributed by atoms with Gasteiger partial charge in [-0.15, -0.1) is 0 Å². The van der Waals surface area contributed by atoms with Gasteiger partial charge in [-0.25, -0.2) is 13.3 Å². The molecule has 2 aromatic carbocycles. The molecule has 0 saturated carbocycles. The van der Waals surface area contributed by atoms with E-state index in [1.54, 1.807) is 30.3 Å². The highest BCUT2D eigenvalue weighted by atomic mass is 32.2. The van der Waals surface area contributed by atoms with E-state index in [0.29, 0.717) is 16.8 Å². The van der Waals surface area contributed by atoms with Crippen LogP contribution in [-0.2, 0) is 9.84 Å². The summed E-state index contributed by atoms with van der Waals surface area (Å²) in [7, 11) is -3.55. The van der Waals surface area contributed by atoms with Crippen LogP contribution in [0.4, 0.5) is 5.69 Å². The van der Waals surface area contributed by atoms with Crippen molar-refractivity contribution in [3.8, 4) is 6.07 Å². The van der Waals surface area contributed by atoms with Crippen LogP contribution in [0, 0.1) is 11.3 Å². The van der Waals surface area contributed by atoms with Crippen LogP contribution in [0.2, 0.25) is 0 Å². The fourth-order valence-corrected chi connectivity index (χ4v) is 3.67. The molecule has 3 rings (SSSR count). The normalized spacial score (nSPS) is 13.7. The third kappa shape index (κ3) is 2.57. The monoisotopic (exact) mass is 340 g/mol. The SMILES string of the molecule is N#CCCS(=O)(=O)c1ccc(N2C(=O)c3ccccc3C2=O)cc1. The smallest absolute Gasteiger partial charge is 0.266 e. The molecule has 0 aromatic heterocycles. The summed E-state index contributed by atoms with van der Waals surface area (Å²) >= 11 is 0. The standard InChI is InChI=1S/C17H12N2O4S/c18-10-3-11-24(22,23)13-8-6-12(7-9-13)19-16(20)14-4-1-2-5-15(14)17(19)21/h1-2,4-9H,3,11H2. The first-order valence-corrected chi connectivity index (χ1v) is 8.78. The van der Waals surface area contributed by atoms with E-state index in [0.717, 1.165) is 4.90 Å². The van der Waals surface area contributed by atoms with Gasteiger partial charge in [0.05, 0.1) is 33.5 Å². The molecule has 1 aliphatic rings. The number of benzene rings is 2. The van der Waals surface area contributed by atoms with Gasteiger partial charge in [0.1, 0.15) is 0 Å². The van der Waals surface area contributed by atoms with Gasteiger partial charge in [0.25, 0.3) is 11.8 Å². The number of nitriles is 1. The highest BCUT2D eigenvalue weighted by molar-refractivity contribution is 7.91. The lowest BCUT2D eigenvalue weighted by Gasteiger charge is -2.14. The molecule has 0 aliphatic carbocycles. The zero-order chi connectivity index (χ0) is 17.3. The summed E-state index contributed by atoms with van der Waals surface area (Å²) in [5.41, 5.74) is 0.960. The molecule has 0 unspecified atom stereocenters. The second kappa shape index (κ2) is 5.91. The second-order valence-corrected chi connectivity index (χ2v) is 7.32. The van der Waals surface area contributed by atoms with E-state index in [4.69, 9.17) is 5.26 Å². The first-order valence-electron chi connectivity index (χ1n) is 7.13. The molecule has 24 heavy (non-hydrogen) atoms. The quantitative estimate of drug-likeness (QED) is 0.795. The third-order valence-electron chi connectivity index (χ3n) is 3.73. The van der Waals surface area contributed by atoms with Crippen molar-refractivity contribution in [3.63, 3.8) is 0 Å². The fourth-order valence-electron chi connectivity index (χ4n) is 2.52. The van der Waals surface area contributed by atoms with Crippen LogP contribution in [-0.4, -0.2) is 26.0 Å². The van der Waals surface area contributed by atoms with Gasteiger partial charge in [0.2, 0.25) is 0 Å². The maximum Gasteiger partial charge on any atom is 0.266 e. The van der Waals surface area contributed by atoms with Crippen LogP contribution in [0.3, 0.4) is 0 Å². The lowest BCUT2D eigenvalue weighted by atomic mass is 10.1. The molecule has 2 amide bonds. The van der Waals surface area contributed by atoms with Crippen LogP contribution in [0.15, 0.2) is 53.4 Å². The maximum atomic E-state index is 12.4. The van der Waals surface area contributed by atoms with Crippen molar-refractivity contribution in [2.75, 3.05) is 10.7 Å². The molecular formula is C17H12N2O4S. The second-order valence-electron chi connectivity index (χ2n) is 5.21. The zero-order valence-corrected chi connectivity index (χ0v) is 13.3. The Kier molecular flexibility index (Phi) is 3.91. The summed E-state index contributed by atoms with van der Waals surface area (Å²) in [5, 5.41) is 8.51. The highest BCUT2D eigenvalue weighted by Crippen LogP contribution is 2.29. The van der Waals surface area contributed by atoms with Crippen LogP contribution >= 0.6 is 0 Å². The number of imide groups is 1. The van der Waals surface area contributed by atoms with Crippen molar-refractivity contribution in [2.24, 2.45) is 0 Å². The van der Waals surface area contributed by atoms with Crippen LogP contribution in [0.1, 0.15) is 27.1 Å². The van der Waals surface area contributed by atoms with E-state index in [-0.39, 0.29) is 17.1 Å². The summed E-state index contributed by atoms with van der Waals surface area (Å²) in [5.74, 6) is -1.14. The Morgan fingerprint density at radius 2 is 1.46 bits per heavy atom. The van der Waals surface area contributed by atoms with E-state index in [1.165, 1.54) is 24.3 Å². The van der Waals surface area contributed by atoms with Crippen molar-refractivity contribution in [2.45, 2.75) is 11.3 Å². The molecule has 6 nitrogen and oxygen atoms in total. The molecule has 0 atom stereocenters. The highest BCUT2D eigenvalue weighted by Gasteiger charge is 2.36. The maximum absolute atomic E-state index is 12.4. The first kappa shape index (κ1) is 15.9. The van der Waals surface area contributed by atoms with Crippen molar-refractivity contribution in [1.82, 2.24) is 0 Å². The van der Waals surface area contributed by atoms with Crippen LogP contribution in [0.5, 0.6) is 0 Å². The van der Waals surface area contributed by atoms with Crippen LogP contribution in [0.25, 0.3) is 0 Å². The average Bonchev–Trinajstić information content (AvgIpc) is 2.85. The molecule has 0 fully saturated rings. The molecule has 0 bridgehead atoms. The number of anilines is 1. The van der Waals surface area contributed by atoms with E-state index in [1.807, 2.05) is 0 Å². The van der Waals surface area contributed by atoms with Crippen molar-refractivity contribution in [3.05, 3.63) is 59.7 Å². The fraction of sp³-hybridized carbons (Fsp3) is 0.118. The summed E-state index contributed by atoms with van der Waals surface area (Å²) in [6, 6.07) is 13.8. The third-order valence-corrected chi connectivity index (χ3v) is 5.46. The molecule has 0 radical (unpaired) electrons. The largest absolute Gasteiger partial charge is 0.268 e. The number of hydrogen-bond acceptors (Lipinski definition) is 5. The predicted octanol–water partition coefficient (Wildman–Crippen LogP) is 2.17.